The molecule has 3 aromatic rings. The van der Waals surface area contributed by atoms with E-state index in [-0.39, 0.29) is 11.5 Å². The second kappa shape index (κ2) is 6.48. The Morgan fingerprint density at radius 2 is 1.96 bits per heavy atom. The predicted molar refractivity (Wildman–Crippen MR) is 112 cm³/mol. The molecule has 0 amide bonds. The lowest BCUT2D eigenvalue weighted by atomic mass is 9.90. The van der Waals surface area contributed by atoms with E-state index in [0.717, 1.165) is 33.8 Å². The number of anilines is 1. The Bertz CT molecular complexity index is 1100. The largest absolute Gasteiger partial charge is 0.398 e. The number of benzene rings is 2. The van der Waals surface area contributed by atoms with Crippen LogP contribution in [0.3, 0.4) is 0 Å². The van der Waals surface area contributed by atoms with Gasteiger partial charge < -0.3 is 5.73 Å². The highest BCUT2D eigenvalue weighted by molar-refractivity contribution is 9.10. The Morgan fingerprint density at radius 3 is 2.78 bits per heavy atom. The van der Waals surface area contributed by atoms with E-state index in [1.54, 1.807) is 6.07 Å². The van der Waals surface area contributed by atoms with Crippen molar-refractivity contribution in [3.63, 3.8) is 0 Å². The van der Waals surface area contributed by atoms with Crippen LogP contribution >= 0.6 is 15.9 Å². The van der Waals surface area contributed by atoms with Gasteiger partial charge >= 0.3 is 0 Å². The summed E-state index contributed by atoms with van der Waals surface area (Å²) in [6, 6.07) is 12.0. The minimum absolute atomic E-state index is 0.164. The number of fused-ring (bicyclic) bond motifs is 5. The summed E-state index contributed by atoms with van der Waals surface area (Å²) in [6.07, 6.45) is 7.63. The van der Waals surface area contributed by atoms with Crippen molar-refractivity contribution < 1.29 is 0 Å². The summed E-state index contributed by atoms with van der Waals surface area (Å²) in [6.45, 7) is 0. The monoisotopic (exact) mass is 423 g/mol. The quantitative estimate of drug-likeness (QED) is 0.592. The Hall–Kier alpha value is -2.14. The van der Waals surface area contributed by atoms with Gasteiger partial charge in [-0.2, -0.15) is 4.98 Å². The molecule has 2 heterocycles. The van der Waals surface area contributed by atoms with Gasteiger partial charge in [0.05, 0.1) is 16.6 Å². The van der Waals surface area contributed by atoms with Crippen molar-refractivity contribution in [2.75, 3.05) is 5.73 Å². The van der Waals surface area contributed by atoms with E-state index in [0.29, 0.717) is 11.1 Å². The third-order valence-electron chi connectivity index (χ3n) is 6.23. The summed E-state index contributed by atoms with van der Waals surface area (Å²) < 4.78 is 3.21. The third-order valence-corrected chi connectivity index (χ3v) is 6.72. The molecule has 1 unspecified atom stereocenters. The third kappa shape index (κ3) is 2.71. The number of hydrogen-bond acceptors (Lipinski definition) is 3. The summed E-state index contributed by atoms with van der Waals surface area (Å²) in [7, 11) is 0. The Balaban J connectivity index is 1.70. The number of nitrogens with two attached hydrogens (primary N) is 1. The number of aromatic nitrogens is 2. The van der Waals surface area contributed by atoms with Crippen LogP contribution in [0, 0.1) is 5.92 Å². The molecular formula is C22H22BrN3O. The normalized spacial score (nSPS) is 18.8. The molecule has 138 valence electrons. The molecule has 1 aromatic heterocycles. The van der Waals surface area contributed by atoms with Crippen molar-refractivity contribution in [3.05, 3.63) is 62.6 Å². The van der Waals surface area contributed by atoms with Crippen LogP contribution in [0.2, 0.25) is 0 Å². The van der Waals surface area contributed by atoms with Gasteiger partial charge in [0.1, 0.15) is 5.82 Å². The van der Waals surface area contributed by atoms with Crippen LogP contribution in [0.1, 0.15) is 55.8 Å². The van der Waals surface area contributed by atoms with Crippen molar-refractivity contribution in [1.29, 1.82) is 0 Å². The molecule has 5 heteroatoms. The maximum atomic E-state index is 12.8. The van der Waals surface area contributed by atoms with E-state index in [1.807, 2.05) is 12.1 Å². The molecular weight excluding hydrogens is 402 g/mol. The Morgan fingerprint density at radius 1 is 1.15 bits per heavy atom. The van der Waals surface area contributed by atoms with Crippen molar-refractivity contribution in [3.8, 4) is 5.69 Å². The summed E-state index contributed by atoms with van der Waals surface area (Å²) in [5.74, 6) is 1.85. The maximum Gasteiger partial charge on any atom is 0.282 e. The first kappa shape index (κ1) is 17.0. The summed E-state index contributed by atoms with van der Waals surface area (Å²) in [4.78, 5) is 17.3. The molecule has 27 heavy (non-hydrogen) atoms. The van der Waals surface area contributed by atoms with Gasteiger partial charge in [0, 0.05) is 16.1 Å². The molecule has 1 aliphatic heterocycles. The highest BCUT2D eigenvalue weighted by Crippen LogP contribution is 2.43. The van der Waals surface area contributed by atoms with Gasteiger partial charge in [0.25, 0.3) is 5.56 Å². The number of hydrogen-bond donors (Lipinski definition) is 1. The number of rotatable bonds is 3. The fourth-order valence-electron chi connectivity index (χ4n) is 4.93. The van der Waals surface area contributed by atoms with Crippen molar-refractivity contribution in [2.45, 2.75) is 44.4 Å². The highest BCUT2D eigenvalue weighted by atomic mass is 79.9. The van der Waals surface area contributed by atoms with Crippen molar-refractivity contribution in [2.24, 2.45) is 5.92 Å². The minimum atomic E-state index is -0.216. The van der Waals surface area contributed by atoms with Gasteiger partial charge in [0.2, 0.25) is 0 Å². The molecule has 5 rings (SSSR count). The van der Waals surface area contributed by atoms with Crippen molar-refractivity contribution >= 4 is 32.5 Å². The molecule has 0 spiro atoms. The first-order chi connectivity index (χ1) is 13.1. The van der Waals surface area contributed by atoms with Crippen LogP contribution in [0.5, 0.6) is 0 Å². The van der Waals surface area contributed by atoms with E-state index in [9.17, 15) is 4.79 Å². The second-order valence-electron chi connectivity index (χ2n) is 7.84. The average Bonchev–Trinajstić information content (AvgIpc) is 3.26. The zero-order valence-electron chi connectivity index (χ0n) is 15.1. The van der Waals surface area contributed by atoms with Crippen LogP contribution < -0.4 is 11.3 Å². The molecule has 0 bridgehead atoms. The first-order valence-corrected chi connectivity index (χ1v) is 10.5. The smallest absolute Gasteiger partial charge is 0.282 e. The summed E-state index contributed by atoms with van der Waals surface area (Å²) in [5, 5.41) is 0.520. The molecule has 2 aromatic carbocycles. The van der Waals surface area contributed by atoms with Gasteiger partial charge in [0.15, 0.2) is 0 Å². The van der Waals surface area contributed by atoms with Crippen LogP contribution in [-0.4, -0.2) is 9.55 Å². The van der Waals surface area contributed by atoms with Gasteiger partial charge in [-0.3, -0.25) is 9.36 Å². The number of nitrogen functional groups attached to an aromatic ring is 1. The molecule has 1 saturated carbocycles. The zero-order chi connectivity index (χ0) is 18.5. The summed E-state index contributed by atoms with van der Waals surface area (Å²) in [5.41, 5.74) is 9.62. The maximum absolute atomic E-state index is 12.8. The van der Waals surface area contributed by atoms with Crippen LogP contribution in [0.15, 0.2) is 45.7 Å². The lowest BCUT2D eigenvalue weighted by Crippen LogP contribution is -2.17. The lowest BCUT2D eigenvalue weighted by molar-refractivity contribution is 0.465. The van der Waals surface area contributed by atoms with E-state index >= 15 is 0 Å². The molecule has 2 N–H and O–H groups in total. The highest BCUT2D eigenvalue weighted by Gasteiger charge is 2.32. The first-order valence-electron chi connectivity index (χ1n) is 9.74. The van der Waals surface area contributed by atoms with Crippen LogP contribution in [-0.2, 0) is 0 Å². The van der Waals surface area contributed by atoms with Gasteiger partial charge in [-0.05, 0) is 54.7 Å². The molecule has 0 radical (unpaired) electrons. The molecule has 0 saturated heterocycles. The molecule has 1 fully saturated rings. The average molecular weight is 424 g/mol. The molecule has 4 nitrogen and oxygen atoms in total. The SMILES string of the molecule is Nc1cccc2c1c(=O)nc1n2-c2ccc(Br)cc2C1CCC1CCCC1. The minimum Gasteiger partial charge on any atom is -0.398 e. The topological polar surface area (TPSA) is 60.9 Å². The lowest BCUT2D eigenvalue weighted by Gasteiger charge is -2.15. The molecule has 1 aliphatic carbocycles. The van der Waals surface area contributed by atoms with Crippen LogP contribution in [0.4, 0.5) is 5.69 Å². The van der Waals surface area contributed by atoms with Gasteiger partial charge in [-0.25, -0.2) is 0 Å². The van der Waals surface area contributed by atoms with Crippen molar-refractivity contribution in [1.82, 2.24) is 9.55 Å². The van der Waals surface area contributed by atoms with Gasteiger partial charge in [-0.1, -0.05) is 47.7 Å². The molecule has 2 aliphatic rings. The van der Waals surface area contributed by atoms with E-state index in [2.05, 4.69) is 43.7 Å². The molecule has 1 atom stereocenters. The van der Waals surface area contributed by atoms with Crippen LogP contribution in [0.25, 0.3) is 16.6 Å². The zero-order valence-corrected chi connectivity index (χ0v) is 16.7. The standard InChI is InChI=1S/C22H22BrN3O/c23-14-9-11-18-16(12-14)15(10-8-13-4-1-2-5-13)21-25-22(27)20-17(24)6-3-7-19(20)26(18)21/h3,6-7,9,11-13,15H,1-2,4-5,8,10,24H2. The Kier molecular flexibility index (Phi) is 4.08. The van der Waals surface area contributed by atoms with E-state index < -0.39 is 0 Å². The fourth-order valence-corrected chi connectivity index (χ4v) is 5.31. The fraction of sp³-hybridized carbons (Fsp3) is 0.364. The number of halogens is 1. The second-order valence-corrected chi connectivity index (χ2v) is 8.75. The van der Waals surface area contributed by atoms with E-state index in [1.165, 1.54) is 37.7 Å². The van der Waals surface area contributed by atoms with E-state index in [4.69, 9.17) is 5.73 Å². The Labute approximate surface area is 166 Å². The van der Waals surface area contributed by atoms with Gasteiger partial charge in [-0.15, -0.1) is 0 Å². The predicted octanol–water partition coefficient (Wildman–Crippen LogP) is 5.15. The summed E-state index contributed by atoms with van der Waals surface area (Å²) >= 11 is 3.62. The number of nitrogens with zero attached hydrogens (tertiary/aromatic N) is 2.